The van der Waals surface area contributed by atoms with Crippen molar-refractivity contribution < 1.29 is 32.1 Å². The maximum Gasteiger partial charge on any atom is 0.135 e. The Labute approximate surface area is 353 Å². The Balaban J connectivity index is 0.000000146. The van der Waals surface area contributed by atoms with Crippen LogP contribution >= 0.6 is 0 Å². The van der Waals surface area contributed by atoms with E-state index in [4.69, 9.17) is 0 Å². The van der Waals surface area contributed by atoms with Gasteiger partial charge in [0.15, 0.2) is 0 Å². The summed E-state index contributed by atoms with van der Waals surface area (Å²) < 4.78 is 38.0. The summed E-state index contributed by atoms with van der Waals surface area (Å²) >= 11 is 0. The second-order valence-corrected chi connectivity index (χ2v) is 17.7. The van der Waals surface area contributed by atoms with Crippen LogP contribution in [0.5, 0.6) is 0 Å². The molecule has 4 aromatic carbocycles. The Morgan fingerprint density at radius 3 is 0.772 bits per heavy atom. The Morgan fingerprint density at radius 2 is 0.579 bits per heavy atom. The smallest absolute Gasteiger partial charge is 0.135 e. The van der Waals surface area contributed by atoms with Gasteiger partial charge in [0.25, 0.3) is 0 Å². The number of aromatic nitrogens is 3. The van der Waals surface area contributed by atoms with Gasteiger partial charge in [0.1, 0.15) is 68.7 Å². The van der Waals surface area contributed by atoms with Crippen LogP contribution < -0.4 is 21.9 Å². The first-order valence-corrected chi connectivity index (χ1v) is 21.9. The van der Waals surface area contributed by atoms with Crippen LogP contribution in [0, 0.1) is 11.8 Å². The van der Waals surface area contributed by atoms with Gasteiger partial charge in [0.2, 0.25) is 0 Å². The van der Waals surface area contributed by atoms with Gasteiger partial charge in [-0.2, -0.15) is 21.9 Å². The number of nitrogens with zero attached hydrogens (tertiary/aromatic N) is 3. The Kier molecular flexibility index (Phi) is 13.0. The van der Waals surface area contributed by atoms with Crippen LogP contribution in [0.15, 0.2) is 230 Å². The largest absolute Gasteiger partial charge is 0.246 e. The van der Waals surface area contributed by atoms with Crippen molar-refractivity contribution in [1.82, 2.24) is 15.0 Å². The van der Waals surface area contributed by atoms with E-state index in [0.29, 0.717) is 0 Å². The fourth-order valence-electron chi connectivity index (χ4n) is 7.58. The molecule has 1 radical (unpaired) electrons. The van der Waals surface area contributed by atoms with Crippen LogP contribution in [-0.2, 0) is 51.9 Å². The number of pyridine rings is 3. The molecule has 7 aromatic rings. The first-order valence-electron chi connectivity index (χ1n) is 18.4. The molecular weight excluding hydrogens is 852 g/mol. The molecule has 0 amide bonds. The van der Waals surface area contributed by atoms with E-state index < -0.39 is 38.5 Å². The molecule has 0 spiro atoms. The van der Waals surface area contributed by atoms with Gasteiger partial charge >= 0.3 is 0 Å². The molecular formula is C46H37BN3O3RhS3-. The summed E-state index contributed by atoms with van der Waals surface area (Å²) in [6, 6.07) is 57.9. The quantitative estimate of drug-likeness (QED) is 0.148. The molecule has 1 aliphatic heterocycles. The zero-order valence-electron chi connectivity index (χ0n) is 30.6. The number of hydrogen-bond acceptors (Lipinski definition) is 6. The summed E-state index contributed by atoms with van der Waals surface area (Å²) in [4.78, 5) is 12.7. The van der Waals surface area contributed by atoms with Crippen LogP contribution in [-0.4, -0.2) is 33.7 Å². The molecule has 10 rings (SSSR count). The van der Waals surface area contributed by atoms with Gasteiger partial charge in [-0.3, -0.25) is 0 Å². The van der Waals surface area contributed by atoms with E-state index >= 15 is 0 Å². The Morgan fingerprint density at radius 1 is 0.351 bits per heavy atom. The monoisotopic (exact) mass is 889 g/mol. The van der Waals surface area contributed by atoms with Crippen molar-refractivity contribution in [3.63, 3.8) is 0 Å². The molecule has 3 aromatic heterocycles. The topological polar surface area (TPSA) is 89.9 Å². The fraction of sp³-hybridized carbons (Fsp3) is 0.0652. The summed E-state index contributed by atoms with van der Waals surface area (Å²) in [5.74, 6) is 1.62. The molecule has 3 aliphatic rings. The van der Waals surface area contributed by atoms with Gasteiger partial charge in [0, 0.05) is 19.5 Å². The zero-order valence-corrected chi connectivity index (χ0v) is 34.7. The molecule has 8 bridgehead atoms. The Bertz CT molecular complexity index is 2210. The molecule has 285 valence electrons. The van der Waals surface area contributed by atoms with Gasteiger partial charge in [-0.1, -0.05) is 164 Å². The first kappa shape index (κ1) is 40.2. The predicted molar refractivity (Wildman–Crippen MR) is 227 cm³/mol. The summed E-state index contributed by atoms with van der Waals surface area (Å²) in [6.07, 6.45) is 9.33. The average Bonchev–Trinajstić information content (AvgIpc) is 3.95. The van der Waals surface area contributed by atoms with Gasteiger partial charge in [0.05, 0.1) is 0 Å². The normalized spacial score (nSPS) is 19.6. The van der Waals surface area contributed by atoms with Gasteiger partial charge < -0.3 is 0 Å². The third-order valence-electron chi connectivity index (χ3n) is 10.2. The maximum atomic E-state index is 12.7. The molecule has 0 atom stereocenters. The average molecular weight is 890 g/mol. The summed E-state index contributed by atoms with van der Waals surface area (Å²) in [5, 5.41) is 1.46. The summed E-state index contributed by atoms with van der Waals surface area (Å²) in [7, 11) is -4.96. The molecule has 0 saturated carbocycles. The van der Waals surface area contributed by atoms with Gasteiger partial charge in [-0.25, -0.2) is 27.6 Å². The standard InChI is InChI=1S/C24H20B.C15H9N3O3S3.C7H8.Rh/c1-5-13-21(14-6-1)25(22-15-7-2-8-16-22,23-17-9-3-10-18-23)24-19-11-4-12-20-24;19-22-10-4-1-5-11(16-10)23(20)13-7-3-9-15(18-13)24(21)14-8-2-6-12(22)17-14;1-2-7-4-3-6(1)5-7;/h1-20H;1-9H;1-4,6-7H,5H2;/q-1;;;. The second kappa shape index (κ2) is 18.5. The van der Waals surface area contributed by atoms with Gasteiger partial charge in [-0.15, -0.1) is 0 Å². The molecule has 6 nitrogen and oxygen atoms in total. The summed E-state index contributed by atoms with van der Waals surface area (Å²) in [5.41, 5.74) is 5.36. The van der Waals surface area contributed by atoms with Crippen LogP contribution in [0.25, 0.3) is 0 Å². The van der Waals surface area contributed by atoms with E-state index in [9.17, 15) is 12.6 Å². The predicted octanol–water partition coefficient (Wildman–Crippen LogP) is 6.50. The van der Waals surface area contributed by atoms with Crippen LogP contribution in [0.1, 0.15) is 6.42 Å². The minimum absolute atomic E-state index is 0. The third kappa shape index (κ3) is 8.63. The van der Waals surface area contributed by atoms with Gasteiger partial charge in [-0.05, 0) is 54.7 Å². The van der Waals surface area contributed by atoms with E-state index in [2.05, 4.69) is 161 Å². The molecule has 11 heteroatoms. The van der Waals surface area contributed by atoms with Crippen molar-refractivity contribution in [3.8, 4) is 0 Å². The molecule has 2 aliphatic carbocycles. The number of rotatable bonds is 4. The van der Waals surface area contributed by atoms with E-state index in [1.807, 2.05) is 0 Å². The van der Waals surface area contributed by atoms with E-state index in [1.54, 1.807) is 54.6 Å². The van der Waals surface area contributed by atoms with Crippen molar-refractivity contribution in [2.75, 3.05) is 0 Å². The SMILES string of the molecule is C1=CC2C=CC1C2.O=S1c2cccc(n2)S(=O)c2cccc(n2)S(=O)c2cccc1n2.[Rh].c1ccc([B-](c2ccccc2)(c2ccccc2)c2ccccc2)cc1. The molecule has 0 fully saturated rings. The second-order valence-electron chi connectivity index (χ2n) is 13.6. The first-order chi connectivity index (χ1) is 27.5. The zero-order chi connectivity index (χ0) is 38.3. The van der Waals surface area contributed by atoms with Crippen molar-refractivity contribution in [2.24, 2.45) is 11.8 Å². The minimum atomic E-state index is -1.65. The number of allylic oxidation sites excluding steroid dienone is 4. The number of benzene rings is 4. The molecule has 0 saturated heterocycles. The summed E-state index contributed by atoms with van der Waals surface area (Å²) in [6.45, 7) is 0. The van der Waals surface area contributed by atoms with Crippen molar-refractivity contribution in [3.05, 3.63) is 200 Å². The van der Waals surface area contributed by atoms with Crippen molar-refractivity contribution >= 4 is 60.4 Å². The van der Waals surface area contributed by atoms with E-state index in [0.717, 1.165) is 11.8 Å². The van der Waals surface area contributed by atoms with E-state index in [1.165, 1.54) is 28.3 Å². The molecule has 57 heavy (non-hydrogen) atoms. The number of fused-ring (bicyclic) bond motifs is 8. The van der Waals surface area contributed by atoms with Crippen LogP contribution in [0.4, 0.5) is 0 Å². The molecule has 0 unspecified atom stereocenters. The fourth-order valence-corrected chi connectivity index (χ4v) is 10.7. The number of hydrogen-bond donors (Lipinski definition) is 0. The Hall–Kier alpha value is -5.05. The van der Waals surface area contributed by atoms with Crippen LogP contribution in [0.3, 0.4) is 0 Å². The van der Waals surface area contributed by atoms with Crippen LogP contribution in [0.2, 0.25) is 0 Å². The maximum absolute atomic E-state index is 12.7. The molecule has 0 N–H and O–H groups in total. The molecule has 4 heterocycles. The van der Waals surface area contributed by atoms with E-state index in [-0.39, 0.29) is 49.6 Å². The van der Waals surface area contributed by atoms with Crippen molar-refractivity contribution in [1.29, 1.82) is 0 Å². The van der Waals surface area contributed by atoms with Crippen molar-refractivity contribution in [2.45, 2.75) is 36.6 Å². The minimum Gasteiger partial charge on any atom is -0.246 e. The third-order valence-corrected chi connectivity index (χ3v) is 13.8.